The van der Waals surface area contributed by atoms with Gasteiger partial charge in [-0.05, 0) is 36.2 Å². The normalized spacial score (nSPS) is 24.0. The Morgan fingerprint density at radius 1 is 1.50 bits per heavy atom. The third-order valence-electron chi connectivity index (χ3n) is 4.88. The maximum Gasteiger partial charge on any atom is 0.312 e. The zero-order chi connectivity index (χ0) is 15.3. The highest BCUT2D eigenvalue weighted by molar-refractivity contribution is 5.98. The summed E-state index contributed by atoms with van der Waals surface area (Å²) in [5.74, 6) is 0.291. The molecule has 22 heavy (non-hydrogen) atoms. The molecule has 2 amide bonds. The number of urea groups is 1. The number of benzene rings is 1. The number of aromatic nitrogens is 1. The number of hydrogen-bond acceptors (Lipinski definition) is 2. The Kier molecular flexibility index (Phi) is 2.97. The summed E-state index contributed by atoms with van der Waals surface area (Å²) in [5.41, 5.74) is 10.5. The molecule has 4 rings (SSSR count). The number of nitrogens with two attached hydrogens (primary N) is 1. The average molecular weight is 296 g/mol. The van der Waals surface area contributed by atoms with Gasteiger partial charge in [-0.1, -0.05) is 18.2 Å². The van der Waals surface area contributed by atoms with Crippen molar-refractivity contribution in [2.45, 2.75) is 12.5 Å². The molecule has 0 saturated carbocycles. The zero-order valence-corrected chi connectivity index (χ0v) is 12.6. The van der Waals surface area contributed by atoms with E-state index in [0.29, 0.717) is 18.5 Å². The fourth-order valence-corrected chi connectivity index (χ4v) is 3.91. The van der Waals surface area contributed by atoms with E-state index in [0.717, 1.165) is 13.0 Å². The van der Waals surface area contributed by atoms with Crippen LogP contribution in [0.15, 0.2) is 30.5 Å². The number of amides is 2. The van der Waals surface area contributed by atoms with Gasteiger partial charge in [-0.15, -0.1) is 0 Å². The summed E-state index contributed by atoms with van der Waals surface area (Å²) in [4.78, 5) is 16.7. The minimum Gasteiger partial charge on any atom is -0.361 e. The lowest BCUT2D eigenvalue weighted by molar-refractivity contribution is 0.232. The van der Waals surface area contributed by atoms with Crippen molar-refractivity contribution in [2.75, 3.05) is 20.1 Å². The van der Waals surface area contributed by atoms with E-state index < -0.39 is 6.03 Å². The van der Waals surface area contributed by atoms with E-state index >= 15 is 0 Å². The SMILES string of the molecule is CN1C[C@@H](CNC(N)=O)C=C2c3cccc4[nH]cc(c34)C[C@H]21. The molecule has 0 saturated heterocycles. The van der Waals surface area contributed by atoms with Gasteiger partial charge in [0.25, 0.3) is 0 Å². The Hall–Kier alpha value is -2.27. The molecule has 2 heterocycles. The summed E-state index contributed by atoms with van der Waals surface area (Å²) >= 11 is 0. The summed E-state index contributed by atoms with van der Waals surface area (Å²) in [5, 5.41) is 4.08. The van der Waals surface area contributed by atoms with Gasteiger partial charge >= 0.3 is 6.03 Å². The van der Waals surface area contributed by atoms with Gasteiger partial charge in [0.1, 0.15) is 0 Å². The highest BCUT2D eigenvalue weighted by Crippen LogP contribution is 2.40. The van der Waals surface area contributed by atoms with E-state index in [2.05, 4.69) is 52.7 Å². The molecular formula is C17H20N4O. The highest BCUT2D eigenvalue weighted by Gasteiger charge is 2.33. The Morgan fingerprint density at radius 2 is 2.36 bits per heavy atom. The number of nitrogens with zero attached hydrogens (tertiary/aromatic N) is 1. The topological polar surface area (TPSA) is 74.2 Å². The van der Waals surface area contributed by atoms with Gasteiger partial charge in [-0.2, -0.15) is 0 Å². The van der Waals surface area contributed by atoms with Crippen LogP contribution in [0.1, 0.15) is 11.1 Å². The quantitative estimate of drug-likeness (QED) is 0.789. The van der Waals surface area contributed by atoms with Crippen molar-refractivity contribution in [1.82, 2.24) is 15.2 Å². The molecule has 2 aromatic rings. The minimum absolute atomic E-state index is 0.291. The number of H-pyrrole nitrogens is 1. The van der Waals surface area contributed by atoms with Crippen LogP contribution in [0.4, 0.5) is 4.79 Å². The molecule has 5 nitrogen and oxygen atoms in total. The minimum atomic E-state index is -0.457. The largest absolute Gasteiger partial charge is 0.361 e. The van der Waals surface area contributed by atoms with Crippen LogP contribution in [-0.2, 0) is 6.42 Å². The first-order valence-electron chi connectivity index (χ1n) is 7.68. The van der Waals surface area contributed by atoms with E-state index in [1.54, 1.807) is 0 Å². The van der Waals surface area contributed by atoms with Crippen molar-refractivity contribution in [3.8, 4) is 0 Å². The summed E-state index contributed by atoms with van der Waals surface area (Å²) in [6, 6.07) is 6.39. The zero-order valence-electron chi connectivity index (χ0n) is 12.6. The lowest BCUT2D eigenvalue weighted by Crippen LogP contribution is -2.45. The lowest BCUT2D eigenvalue weighted by atomic mass is 9.80. The molecule has 1 aromatic heterocycles. The van der Waals surface area contributed by atoms with Crippen molar-refractivity contribution in [1.29, 1.82) is 0 Å². The molecule has 5 heteroatoms. The second-order valence-electron chi connectivity index (χ2n) is 6.33. The van der Waals surface area contributed by atoms with Crippen molar-refractivity contribution >= 4 is 22.5 Å². The predicted octanol–water partition coefficient (Wildman–Crippen LogP) is 1.71. The number of hydrogen-bond donors (Lipinski definition) is 3. The number of carbonyl (C=O) groups excluding carboxylic acids is 1. The molecule has 114 valence electrons. The molecular weight excluding hydrogens is 276 g/mol. The van der Waals surface area contributed by atoms with Gasteiger partial charge in [-0.3, -0.25) is 4.90 Å². The maximum absolute atomic E-state index is 11.0. The summed E-state index contributed by atoms with van der Waals surface area (Å²) in [6.45, 7) is 1.52. The molecule has 0 radical (unpaired) electrons. The molecule has 4 N–H and O–H groups in total. The van der Waals surface area contributed by atoms with Crippen LogP contribution in [0.5, 0.6) is 0 Å². The first kappa shape index (κ1) is 13.4. The highest BCUT2D eigenvalue weighted by atomic mass is 16.2. The maximum atomic E-state index is 11.0. The Labute approximate surface area is 129 Å². The standard InChI is InChI=1S/C17H20N4O/c1-21-9-10(7-20-17(18)22)5-13-12-3-2-4-14-16(12)11(8-19-14)6-15(13)21/h2-5,8,10,15,19H,6-7,9H2,1H3,(H3,18,20,22)/t10-,15-/m1/s1. The summed E-state index contributed by atoms with van der Waals surface area (Å²) in [6.07, 6.45) is 5.50. The first-order chi connectivity index (χ1) is 10.6. The van der Waals surface area contributed by atoms with Crippen molar-refractivity contribution in [3.63, 3.8) is 0 Å². The number of rotatable bonds is 2. The van der Waals surface area contributed by atoms with E-state index in [1.807, 2.05) is 0 Å². The fourth-order valence-electron chi connectivity index (χ4n) is 3.91. The summed E-state index contributed by atoms with van der Waals surface area (Å²) < 4.78 is 0. The average Bonchev–Trinajstić information content (AvgIpc) is 2.91. The molecule has 2 atom stereocenters. The third-order valence-corrected chi connectivity index (χ3v) is 4.88. The number of carbonyl (C=O) groups is 1. The Bertz CT molecular complexity index is 776. The van der Waals surface area contributed by atoms with Crippen molar-refractivity contribution < 1.29 is 4.79 Å². The second kappa shape index (κ2) is 4.88. The summed E-state index contributed by atoms with van der Waals surface area (Å²) in [7, 11) is 2.16. The Morgan fingerprint density at radius 3 is 3.18 bits per heavy atom. The van der Waals surface area contributed by atoms with Crippen LogP contribution in [0.25, 0.3) is 16.5 Å². The molecule has 0 fully saturated rings. The Balaban J connectivity index is 1.77. The van der Waals surface area contributed by atoms with Gasteiger partial charge in [0.15, 0.2) is 0 Å². The molecule has 0 spiro atoms. The number of aromatic amines is 1. The van der Waals surface area contributed by atoms with Crippen LogP contribution in [0.2, 0.25) is 0 Å². The van der Waals surface area contributed by atoms with Crippen molar-refractivity contribution in [3.05, 3.63) is 41.6 Å². The number of primary amides is 1. The van der Waals surface area contributed by atoms with Gasteiger partial charge in [-0.25, -0.2) is 4.79 Å². The van der Waals surface area contributed by atoms with Gasteiger partial charge in [0.05, 0.1) is 0 Å². The van der Waals surface area contributed by atoms with E-state index in [4.69, 9.17) is 5.73 Å². The number of fused-ring (bicyclic) bond motifs is 2. The van der Waals surface area contributed by atoms with E-state index in [-0.39, 0.29) is 0 Å². The smallest absolute Gasteiger partial charge is 0.312 e. The molecule has 0 unspecified atom stereocenters. The predicted molar refractivity (Wildman–Crippen MR) is 87.5 cm³/mol. The van der Waals surface area contributed by atoms with E-state index in [9.17, 15) is 4.79 Å². The van der Waals surface area contributed by atoms with Crippen LogP contribution >= 0.6 is 0 Å². The molecule has 0 bridgehead atoms. The van der Waals surface area contributed by atoms with Gasteiger partial charge < -0.3 is 16.0 Å². The molecule has 2 aliphatic rings. The van der Waals surface area contributed by atoms with E-state index in [1.165, 1.54) is 27.6 Å². The van der Waals surface area contributed by atoms with Crippen LogP contribution in [0.3, 0.4) is 0 Å². The monoisotopic (exact) mass is 296 g/mol. The molecule has 1 aliphatic heterocycles. The third kappa shape index (κ3) is 2.01. The van der Waals surface area contributed by atoms with Crippen LogP contribution < -0.4 is 11.1 Å². The molecule has 1 aliphatic carbocycles. The molecule has 1 aromatic carbocycles. The number of nitrogens with one attached hydrogen (secondary N) is 2. The second-order valence-corrected chi connectivity index (χ2v) is 6.33. The van der Waals surface area contributed by atoms with Crippen LogP contribution in [0, 0.1) is 5.92 Å². The van der Waals surface area contributed by atoms with Crippen molar-refractivity contribution in [2.24, 2.45) is 11.7 Å². The first-order valence-corrected chi connectivity index (χ1v) is 7.68. The van der Waals surface area contributed by atoms with Gasteiger partial charge in [0, 0.05) is 42.1 Å². The van der Waals surface area contributed by atoms with Crippen LogP contribution in [-0.4, -0.2) is 42.1 Å². The fraction of sp³-hybridized carbons (Fsp3) is 0.353. The lowest BCUT2D eigenvalue weighted by Gasteiger charge is -2.40. The van der Waals surface area contributed by atoms with Gasteiger partial charge in [0.2, 0.25) is 0 Å². The number of likely N-dealkylation sites (N-methyl/N-ethyl adjacent to an activating group) is 1.